The fraction of sp³-hybridized carbons (Fsp3) is 0.364. The zero-order valence-electron chi connectivity index (χ0n) is 17.6. The van der Waals surface area contributed by atoms with Gasteiger partial charge in [-0.2, -0.15) is 9.36 Å². The Hall–Kier alpha value is -2.32. The maximum absolute atomic E-state index is 12.3. The number of hydrogen-bond donors (Lipinski definition) is 0. The Bertz CT molecular complexity index is 1040. The van der Waals surface area contributed by atoms with Gasteiger partial charge in [-0.05, 0) is 65.6 Å². The Kier molecular flexibility index (Phi) is 8.33. The third-order valence-electron chi connectivity index (χ3n) is 4.81. The summed E-state index contributed by atoms with van der Waals surface area (Å²) >= 11 is 3.38. The molecule has 0 radical (unpaired) electrons. The fourth-order valence-electron chi connectivity index (χ4n) is 3.10. The summed E-state index contributed by atoms with van der Waals surface area (Å²) in [6.07, 6.45) is 5.36. The van der Waals surface area contributed by atoms with Crippen LogP contribution in [-0.2, 0) is 19.2 Å². The van der Waals surface area contributed by atoms with Gasteiger partial charge in [0.15, 0.2) is 0 Å². The van der Waals surface area contributed by atoms with Gasteiger partial charge in [-0.1, -0.05) is 54.2 Å². The topological polar surface area (TPSA) is 65.1 Å². The molecular formula is C22H27N5OS2. The Balaban J connectivity index is 1.60. The van der Waals surface area contributed by atoms with Crippen LogP contribution in [0.25, 0.3) is 5.69 Å². The number of rotatable bonds is 8. The van der Waals surface area contributed by atoms with E-state index < -0.39 is 0 Å². The van der Waals surface area contributed by atoms with Crippen LogP contribution < -0.4 is 5.69 Å². The van der Waals surface area contributed by atoms with Gasteiger partial charge in [0.05, 0.1) is 5.69 Å². The fourth-order valence-corrected chi connectivity index (χ4v) is 4.79. The van der Waals surface area contributed by atoms with Gasteiger partial charge in [-0.15, -0.1) is 11.8 Å². The quantitative estimate of drug-likeness (QED) is 0.297. The van der Waals surface area contributed by atoms with Crippen molar-refractivity contribution in [3.05, 3.63) is 75.7 Å². The first kappa shape index (κ1) is 22.4. The molecule has 30 heavy (non-hydrogen) atoms. The second-order valence-corrected chi connectivity index (χ2v) is 8.97. The number of aromatic nitrogens is 4. The molecular weight excluding hydrogens is 414 g/mol. The molecule has 1 aromatic heterocycles. The van der Waals surface area contributed by atoms with Gasteiger partial charge in [0.1, 0.15) is 4.38 Å². The molecule has 0 saturated heterocycles. The van der Waals surface area contributed by atoms with Crippen molar-refractivity contribution >= 4 is 27.9 Å². The number of nitrogens with zero attached hydrogens (tertiary/aromatic N) is 5. The van der Waals surface area contributed by atoms with E-state index in [4.69, 9.17) is 4.99 Å². The molecule has 0 N–H and O–H groups in total. The first-order valence-electron chi connectivity index (χ1n) is 9.93. The number of aliphatic imine (C=N–C) groups is 1. The molecule has 6 nitrogen and oxygen atoms in total. The maximum Gasteiger partial charge on any atom is 0.368 e. The molecule has 0 aliphatic rings. The van der Waals surface area contributed by atoms with Crippen LogP contribution >= 0.6 is 23.5 Å². The second-order valence-electron chi connectivity index (χ2n) is 6.95. The van der Waals surface area contributed by atoms with Crippen LogP contribution in [0.1, 0.15) is 29.5 Å². The smallest absolute Gasteiger partial charge is 0.272 e. The summed E-state index contributed by atoms with van der Waals surface area (Å²) < 4.78 is 3.67. The molecule has 8 heteroatoms. The van der Waals surface area contributed by atoms with Gasteiger partial charge >= 0.3 is 5.69 Å². The van der Waals surface area contributed by atoms with Crippen molar-refractivity contribution < 1.29 is 0 Å². The van der Waals surface area contributed by atoms with Crippen LogP contribution in [0, 0.1) is 6.92 Å². The predicted molar refractivity (Wildman–Crippen MR) is 128 cm³/mol. The van der Waals surface area contributed by atoms with E-state index in [9.17, 15) is 4.79 Å². The highest BCUT2D eigenvalue weighted by atomic mass is 32.2. The first-order chi connectivity index (χ1) is 14.6. The van der Waals surface area contributed by atoms with Crippen molar-refractivity contribution in [1.82, 2.24) is 19.8 Å². The van der Waals surface area contributed by atoms with Crippen LogP contribution in [-0.4, -0.2) is 37.0 Å². The Labute approximate surface area is 185 Å². The van der Waals surface area contributed by atoms with E-state index in [1.54, 1.807) is 30.6 Å². The van der Waals surface area contributed by atoms with E-state index in [0.29, 0.717) is 0 Å². The Morgan fingerprint density at radius 2 is 1.87 bits per heavy atom. The lowest BCUT2D eigenvalue weighted by Gasteiger charge is -2.11. The van der Waals surface area contributed by atoms with Gasteiger partial charge in [-0.25, -0.2) is 4.79 Å². The highest BCUT2D eigenvalue weighted by Gasteiger charge is 2.14. The van der Waals surface area contributed by atoms with Crippen LogP contribution in [0.5, 0.6) is 0 Å². The lowest BCUT2D eigenvalue weighted by molar-refractivity contribution is 0.692. The number of unbranched alkanes of at least 4 members (excludes halogenated alkanes) is 1. The molecule has 0 aliphatic carbocycles. The molecule has 2 aromatic carbocycles. The van der Waals surface area contributed by atoms with Gasteiger partial charge < -0.3 is 0 Å². The molecule has 158 valence electrons. The van der Waals surface area contributed by atoms with Gasteiger partial charge in [0.25, 0.3) is 0 Å². The van der Waals surface area contributed by atoms with Crippen molar-refractivity contribution in [2.45, 2.75) is 31.9 Å². The van der Waals surface area contributed by atoms with Crippen molar-refractivity contribution in [3.8, 4) is 5.69 Å². The molecule has 0 bridgehead atoms. The number of hydrogen-bond acceptors (Lipinski definition) is 6. The Morgan fingerprint density at radius 3 is 2.57 bits per heavy atom. The molecule has 0 amide bonds. The summed E-state index contributed by atoms with van der Waals surface area (Å²) in [7, 11) is 1.60. The van der Waals surface area contributed by atoms with E-state index in [2.05, 4.69) is 60.0 Å². The highest BCUT2D eigenvalue weighted by molar-refractivity contribution is 8.38. The zero-order chi connectivity index (χ0) is 21.3. The number of tetrazole rings is 1. The summed E-state index contributed by atoms with van der Waals surface area (Å²) in [5, 5.41) is 7.84. The van der Waals surface area contributed by atoms with Crippen LogP contribution in [0.3, 0.4) is 0 Å². The van der Waals surface area contributed by atoms with Crippen molar-refractivity contribution in [1.29, 1.82) is 0 Å². The van der Waals surface area contributed by atoms with Gasteiger partial charge in [-0.3, -0.25) is 4.99 Å². The van der Waals surface area contributed by atoms with E-state index >= 15 is 0 Å². The number of thioether (sulfide) groups is 2. The van der Waals surface area contributed by atoms with Crippen LogP contribution in [0.15, 0.2) is 58.3 Å². The normalized spacial score (nSPS) is 11.8. The van der Waals surface area contributed by atoms with Crippen molar-refractivity contribution in [2.75, 3.05) is 12.8 Å². The molecule has 0 atom stereocenters. The molecule has 3 aromatic rings. The predicted octanol–water partition coefficient (Wildman–Crippen LogP) is 4.25. The van der Waals surface area contributed by atoms with E-state index in [0.717, 1.165) is 52.8 Å². The first-order valence-corrected chi connectivity index (χ1v) is 12.1. The average molecular weight is 442 g/mol. The lowest BCUT2D eigenvalue weighted by atomic mass is 10.1. The summed E-state index contributed by atoms with van der Waals surface area (Å²) in [5.41, 5.74) is 4.12. The number of benzene rings is 2. The monoisotopic (exact) mass is 441 g/mol. The molecule has 0 spiro atoms. The molecule has 0 unspecified atom stereocenters. The molecule has 0 aliphatic heterocycles. The van der Waals surface area contributed by atoms with Crippen LogP contribution in [0.2, 0.25) is 0 Å². The molecule has 0 saturated carbocycles. The standard InChI is InChI=1S/C22H27N5OS2/c1-17-10-9-14-20(27-22(28)26(2)24-25-27)19(17)16-30-21(29-3)23-15-8-7-13-18-11-5-4-6-12-18/h4-6,9-12,14H,7-8,13,15-16H2,1-3H3. The van der Waals surface area contributed by atoms with Gasteiger partial charge in [0, 0.05) is 19.3 Å². The largest absolute Gasteiger partial charge is 0.368 e. The maximum atomic E-state index is 12.3. The molecule has 0 fully saturated rings. The third kappa shape index (κ3) is 5.86. The number of aryl methyl sites for hydroxylation is 3. The molecule has 1 heterocycles. The van der Waals surface area contributed by atoms with E-state index in [1.165, 1.54) is 14.9 Å². The van der Waals surface area contributed by atoms with Gasteiger partial charge in [0.2, 0.25) is 0 Å². The third-order valence-corrected chi connectivity index (χ3v) is 6.95. The Morgan fingerprint density at radius 1 is 1.07 bits per heavy atom. The average Bonchev–Trinajstić information content (AvgIpc) is 3.09. The summed E-state index contributed by atoms with van der Waals surface area (Å²) in [6.45, 7) is 2.89. The zero-order valence-corrected chi connectivity index (χ0v) is 19.2. The minimum absolute atomic E-state index is 0.246. The summed E-state index contributed by atoms with van der Waals surface area (Å²) in [6, 6.07) is 16.5. The van der Waals surface area contributed by atoms with Crippen molar-refractivity contribution in [2.24, 2.45) is 12.0 Å². The SMILES string of the molecule is CSC(=NCCCCc1ccccc1)SCc1c(C)cccc1-n1nnn(C)c1=O. The second kappa shape index (κ2) is 11.2. The summed E-state index contributed by atoms with van der Waals surface area (Å²) in [5.74, 6) is 0.731. The molecule has 3 rings (SSSR count). The minimum Gasteiger partial charge on any atom is -0.272 e. The summed E-state index contributed by atoms with van der Waals surface area (Å²) in [4.78, 5) is 17.1. The van der Waals surface area contributed by atoms with E-state index in [1.807, 2.05) is 12.1 Å². The lowest BCUT2D eigenvalue weighted by Crippen LogP contribution is -2.23. The highest BCUT2D eigenvalue weighted by Crippen LogP contribution is 2.26. The van der Waals surface area contributed by atoms with E-state index in [-0.39, 0.29) is 5.69 Å². The minimum atomic E-state index is -0.246. The van der Waals surface area contributed by atoms with Crippen LogP contribution in [0.4, 0.5) is 0 Å². The van der Waals surface area contributed by atoms with Crippen molar-refractivity contribution in [3.63, 3.8) is 0 Å².